The van der Waals surface area contributed by atoms with Crippen LogP contribution in [0.5, 0.6) is 0 Å². The Morgan fingerprint density at radius 2 is 2.31 bits per heavy atom. The fourth-order valence-corrected chi connectivity index (χ4v) is 1.15. The summed E-state index contributed by atoms with van der Waals surface area (Å²) in [6.07, 6.45) is 2.20. The molecule has 0 saturated heterocycles. The molecule has 2 atom stereocenters. The van der Waals surface area contributed by atoms with Crippen LogP contribution < -0.4 is 5.32 Å². The molecule has 0 aliphatic carbocycles. The molecule has 0 bridgehead atoms. The summed E-state index contributed by atoms with van der Waals surface area (Å²) in [5.41, 5.74) is 0. The highest BCUT2D eigenvalue weighted by Crippen LogP contribution is 2.11. The van der Waals surface area contributed by atoms with E-state index in [0.717, 1.165) is 18.7 Å². The molecule has 0 aliphatic heterocycles. The first-order valence-corrected chi connectivity index (χ1v) is 4.65. The highest BCUT2D eigenvalue weighted by molar-refractivity contribution is 5.02. The SMILES string of the molecule is CC(O)CCNC(C)c1ccco1. The van der Waals surface area contributed by atoms with Gasteiger partial charge in [0.2, 0.25) is 0 Å². The van der Waals surface area contributed by atoms with Crippen LogP contribution in [0.4, 0.5) is 0 Å². The summed E-state index contributed by atoms with van der Waals surface area (Å²) in [5.74, 6) is 0.936. The quantitative estimate of drug-likeness (QED) is 0.730. The van der Waals surface area contributed by atoms with Gasteiger partial charge in [0.15, 0.2) is 0 Å². The van der Waals surface area contributed by atoms with E-state index in [2.05, 4.69) is 5.32 Å². The molecule has 2 unspecified atom stereocenters. The van der Waals surface area contributed by atoms with Crippen LogP contribution in [-0.2, 0) is 0 Å². The van der Waals surface area contributed by atoms with Gasteiger partial charge < -0.3 is 14.8 Å². The van der Waals surface area contributed by atoms with Gasteiger partial charge in [-0.15, -0.1) is 0 Å². The van der Waals surface area contributed by atoms with Crippen LogP contribution in [0, 0.1) is 0 Å². The molecule has 0 aromatic carbocycles. The van der Waals surface area contributed by atoms with Crippen molar-refractivity contribution in [2.24, 2.45) is 0 Å². The number of hydrogen-bond donors (Lipinski definition) is 2. The summed E-state index contributed by atoms with van der Waals surface area (Å²) in [6.45, 7) is 4.64. The molecule has 3 heteroatoms. The zero-order chi connectivity index (χ0) is 9.68. The van der Waals surface area contributed by atoms with E-state index in [1.54, 1.807) is 13.2 Å². The second-order valence-electron chi connectivity index (χ2n) is 3.33. The smallest absolute Gasteiger partial charge is 0.120 e. The van der Waals surface area contributed by atoms with E-state index in [-0.39, 0.29) is 12.1 Å². The lowest BCUT2D eigenvalue weighted by Crippen LogP contribution is -2.22. The Labute approximate surface area is 78.8 Å². The minimum Gasteiger partial charge on any atom is -0.468 e. The Bertz CT molecular complexity index is 219. The molecule has 3 nitrogen and oxygen atoms in total. The molecule has 1 rings (SSSR count). The lowest BCUT2D eigenvalue weighted by Gasteiger charge is -2.11. The van der Waals surface area contributed by atoms with Crippen LogP contribution in [0.3, 0.4) is 0 Å². The van der Waals surface area contributed by atoms with Crippen LogP contribution in [0.25, 0.3) is 0 Å². The number of rotatable bonds is 5. The van der Waals surface area contributed by atoms with E-state index in [9.17, 15) is 0 Å². The number of hydrogen-bond acceptors (Lipinski definition) is 3. The summed E-state index contributed by atoms with van der Waals surface area (Å²) >= 11 is 0. The largest absolute Gasteiger partial charge is 0.468 e. The Hall–Kier alpha value is -0.800. The van der Waals surface area contributed by atoms with Crippen molar-refractivity contribution < 1.29 is 9.52 Å². The van der Waals surface area contributed by atoms with Crippen molar-refractivity contribution in [2.45, 2.75) is 32.4 Å². The van der Waals surface area contributed by atoms with Crippen molar-refractivity contribution in [3.8, 4) is 0 Å². The minimum absolute atomic E-state index is 0.216. The molecule has 0 radical (unpaired) electrons. The summed E-state index contributed by atoms with van der Waals surface area (Å²) in [5, 5.41) is 12.3. The molecule has 2 N–H and O–H groups in total. The number of aliphatic hydroxyl groups is 1. The van der Waals surface area contributed by atoms with Gasteiger partial charge >= 0.3 is 0 Å². The topological polar surface area (TPSA) is 45.4 Å². The molecule has 1 heterocycles. The van der Waals surface area contributed by atoms with Crippen molar-refractivity contribution in [3.05, 3.63) is 24.2 Å². The predicted molar refractivity (Wildman–Crippen MR) is 51.4 cm³/mol. The van der Waals surface area contributed by atoms with E-state index >= 15 is 0 Å². The molecule has 0 aliphatic rings. The van der Waals surface area contributed by atoms with Gasteiger partial charge in [0.05, 0.1) is 18.4 Å². The fraction of sp³-hybridized carbons (Fsp3) is 0.600. The number of furan rings is 1. The molecule has 1 aromatic rings. The third-order valence-electron chi connectivity index (χ3n) is 1.98. The Kier molecular flexibility index (Phi) is 3.99. The van der Waals surface area contributed by atoms with Gasteiger partial charge in [-0.3, -0.25) is 0 Å². The molecule has 0 fully saturated rings. The van der Waals surface area contributed by atoms with E-state index in [4.69, 9.17) is 9.52 Å². The zero-order valence-electron chi connectivity index (χ0n) is 8.16. The van der Waals surface area contributed by atoms with Crippen LogP contribution in [0.15, 0.2) is 22.8 Å². The monoisotopic (exact) mass is 183 g/mol. The molecule has 0 saturated carbocycles. The third kappa shape index (κ3) is 3.61. The van der Waals surface area contributed by atoms with Crippen LogP contribution >= 0.6 is 0 Å². The van der Waals surface area contributed by atoms with Gasteiger partial charge in [-0.05, 0) is 38.9 Å². The normalized spacial score (nSPS) is 15.6. The van der Waals surface area contributed by atoms with Gasteiger partial charge in [-0.2, -0.15) is 0 Å². The fourth-order valence-electron chi connectivity index (χ4n) is 1.15. The highest BCUT2D eigenvalue weighted by atomic mass is 16.3. The van der Waals surface area contributed by atoms with Crippen molar-refractivity contribution in [2.75, 3.05) is 6.54 Å². The highest BCUT2D eigenvalue weighted by Gasteiger charge is 2.06. The van der Waals surface area contributed by atoms with Crippen molar-refractivity contribution in [1.82, 2.24) is 5.32 Å². The van der Waals surface area contributed by atoms with E-state index in [0.29, 0.717) is 0 Å². The standard InChI is InChI=1S/C10H17NO2/c1-8(12)5-6-11-9(2)10-4-3-7-13-10/h3-4,7-9,11-12H,5-6H2,1-2H3. The average Bonchev–Trinajstić information content (AvgIpc) is 2.55. The first-order chi connectivity index (χ1) is 6.20. The average molecular weight is 183 g/mol. The zero-order valence-corrected chi connectivity index (χ0v) is 8.16. The Balaban J connectivity index is 2.22. The van der Waals surface area contributed by atoms with E-state index in [1.165, 1.54) is 0 Å². The third-order valence-corrected chi connectivity index (χ3v) is 1.98. The van der Waals surface area contributed by atoms with Gasteiger partial charge in [0, 0.05) is 0 Å². The Morgan fingerprint density at radius 3 is 2.85 bits per heavy atom. The molecule has 0 spiro atoms. The molecular weight excluding hydrogens is 166 g/mol. The second-order valence-corrected chi connectivity index (χ2v) is 3.33. The van der Waals surface area contributed by atoms with Crippen LogP contribution in [-0.4, -0.2) is 17.8 Å². The van der Waals surface area contributed by atoms with Crippen molar-refractivity contribution >= 4 is 0 Å². The van der Waals surface area contributed by atoms with Crippen LogP contribution in [0.1, 0.15) is 32.1 Å². The van der Waals surface area contributed by atoms with Gasteiger partial charge in [-0.25, -0.2) is 0 Å². The molecular formula is C10H17NO2. The Morgan fingerprint density at radius 1 is 1.54 bits per heavy atom. The maximum atomic E-state index is 9.03. The minimum atomic E-state index is -0.240. The summed E-state index contributed by atoms with van der Waals surface area (Å²) in [6, 6.07) is 4.04. The molecule has 74 valence electrons. The summed E-state index contributed by atoms with van der Waals surface area (Å²) in [4.78, 5) is 0. The lowest BCUT2D eigenvalue weighted by atomic mass is 10.2. The number of nitrogens with one attached hydrogen (secondary N) is 1. The summed E-state index contributed by atoms with van der Waals surface area (Å²) < 4.78 is 5.23. The molecule has 1 aromatic heterocycles. The van der Waals surface area contributed by atoms with Gasteiger partial charge in [-0.1, -0.05) is 0 Å². The summed E-state index contributed by atoms with van der Waals surface area (Å²) in [7, 11) is 0. The second kappa shape index (κ2) is 5.04. The van der Waals surface area contributed by atoms with Crippen molar-refractivity contribution in [3.63, 3.8) is 0 Å². The van der Waals surface area contributed by atoms with E-state index < -0.39 is 0 Å². The first kappa shape index (κ1) is 10.3. The maximum absolute atomic E-state index is 9.03. The van der Waals surface area contributed by atoms with Crippen molar-refractivity contribution in [1.29, 1.82) is 0 Å². The first-order valence-electron chi connectivity index (χ1n) is 4.65. The molecule has 13 heavy (non-hydrogen) atoms. The van der Waals surface area contributed by atoms with Gasteiger partial charge in [0.25, 0.3) is 0 Å². The predicted octanol–water partition coefficient (Wildman–Crippen LogP) is 1.70. The van der Waals surface area contributed by atoms with Gasteiger partial charge in [0.1, 0.15) is 5.76 Å². The molecule has 0 amide bonds. The van der Waals surface area contributed by atoms with Crippen LogP contribution in [0.2, 0.25) is 0 Å². The van der Waals surface area contributed by atoms with E-state index in [1.807, 2.05) is 19.1 Å². The maximum Gasteiger partial charge on any atom is 0.120 e. The lowest BCUT2D eigenvalue weighted by molar-refractivity contribution is 0.182. The number of aliphatic hydroxyl groups excluding tert-OH is 1.